The lowest BCUT2D eigenvalue weighted by atomic mass is 9.37. The summed E-state index contributed by atoms with van der Waals surface area (Å²) < 4.78 is 4.81. The van der Waals surface area contributed by atoms with Crippen molar-refractivity contribution in [1.29, 1.82) is 0 Å². The van der Waals surface area contributed by atoms with Crippen molar-refractivity contribution < 1.29 is 29.6 Å². The first-order valence-electron chi connectivity index (χ1n) is 10.3. The van der Waals surface area contributed by atoms with Gasteiger partial charge in [-0.15, -0.1) is 0 Å². The second-order valence-corrected chi connectivity index (χ2v) is 11.1. The van der Waals surface area contributed by atoms with E-state index in [1.165, 1.54) is 0 Å². The topological polar surface area (TPSA) is 104 Å². The van der Waals surface area contributed by atoms with Crippen LogP contribution in [-0.4, -0.2) is 49.9 Å². The fourth-order valence-corrected chi connectivity index (χ4v) is 6.61. The van der Waals surface area contributed by atoms with Gasteiger partial charge in [-0.1, -0.05) is 6.08 Å². The Morgan fingerprint density at radius 1 is 1.10 bits per heavy atom. The maximum absolute atomic E-state index is 12.0. The van der Waals surface area contributed by atoms with Gasteiger partial charge in [-0.05, 0) is 90.2 Å². The molecule has 4 aliphatic rings. The smallest absolute Gasteiger partial charge is 0.333 e. The fraction of sp³-hybridized carbons (Fsp3) is 0.818. The van der Waals surface area contributed by atoms with Crippen LogP contribution in [-0.2, 0) is 14.3 Å². The molecular weight excluding hydrogens is 396 g/mol. The van der Waals surface area contributed by atoms with Crippen LogP contribution >= 0.6 is 11.6 Å². The molecule has 0 radical (unpaired) electrons. The third-order valence-electron chi connectivity index (χ3n) is 7.92. The highest BCUT2D eigenvalue weighted by molar-refractivity contribution is 6.64. The molecule has 29 heavy (non-hydrogen) atoms. The maximum Gasteiger partial charge on any atom is 0.333 e. The normalized spacial score (nSPS) is 38.6. The summed E-state index contributed by atoms with van der Waals surface area (Å²) in [6.07, 6.45) is 5.94. The first-order chi connectivity index (χ1) is 13.1. The average molecular weight is 429 g/mol. The summed E-state index contributed by atoms with van der Waals surface area (Å²) in [7, 11) is 0. The van der Waals surface area contributed by atoms with E-state index in [9.17, 15) is 24.9 Å². The van der Waals surface area contributed by atoms with Crippen molar-refractivity contribution in [2.75, 3.05) is 6.61 Å². The summed E-state index contributed by atoms with van der Waals surface area (Å²) >= 11 is 5.20. The standard InChI is InChI=1S/C22H33ClO6/c1-14(17(25)29-10-16(23)24)5-6-19(4,27)21-8-15-7-20(11-21,18(2,3)26)12-22(28,9-15)13-21/h5,15,26-28H,6-13H2,1-4H3/b14-5+. The summed E-state index contributed by atoms with van der Waals surface area (Å²) in [5.41, 5.74) is -3.66. The second-order valence-electron chi connectivity index (χ2n) is 10.6. The number of esters is 1. The molecule has 4 fully saturated rings. The molecule has 0 spiro atoms. The molecule has 4 bridgehead atoms. The predicted molar refractivity (Wildman–Crippen MR) is 108 cm³/mol. The largest absolute Gasteiger partial charge is 0.453 e. The number of ether oxygens (including phenoxy) is 1. The van der Waals surface area contributed by atoms with Gasteiger partial charge in [-0.2, -0.15) is 0 Å². The lowest BCUT2D eigenvalue weighted by molar-refractivity contribution is -0.283. The highest BCUT2D eigenvalue weighted by Gasteiger charge is 2.69. The SMILES string of the molecule is C/C(=C\CC(C)(O)C12CC3CC(O)(CC(C(C)(C)O)(C3)C1)C2)C(=O)OCC(=O)Cl. The lowest BCUT2D eigenvalue weighted by Crippen LogP contribution is -2.69. The van der Waals surface area contributed by atoms with Crippen molar-refractivity contribution in [3.05, 3.63) is 11.6 Å². The van der Waals surface area contributed by atoms with E-state index in [0.29, 0.717) is 24.8 Å². The number of hydrogen-bond acceptors (Lipinski definition) is 6. The van der Waals surface area contributed by atoms with Gasteiger partial charge in [0, 0.05) is 16.4 Å². The van der Waals surface area contributed by atoms with Gasteiger partial charge in [-0.3, -0.25) is 4.79 Å². The summed E-state index contributed by atoms with van der Waals surface area (Å²) in [4.78, 5) is 22.8. The maximum atomic E-state index is 12.0. The first kappa shape index (κ1) is 22.7. The molecule has 5 unspecified atom stereocenters. The van der Waals surface area contributed by atoms with Gasteiger partial charge < -0.3 is 20.1 Å². The molecule has 0 heterocycles. The Kier molecular flexibility index (Phi) is 5.52. The third-order valence-corrected chi connectivity index (χ3v) is 8.03. The first-order valence-corrected chi connectivity index (χ1v) is 10.7. The van der Waals surface area contributed by atoms with E-state index in [4.69, 9.17) is 16.3 Å². The summed E-state index contributed by atoms with van der Waals surface area (Å²) in [6.45, 7) is 6.46. The molecule has 164 valence electrons. The Morgan fingerprint density at radius 2 is 1.69 bits per heavy atom. The van der Waals surface area contributed by atoms with Gasteiger partial charge in [0.2, 0.25) is 0 Å². The van der Waals surface area contributed by atoms with Gasteiger partial charge >= 0.3 is 5.97 Å². The monoisotopic (exact) mass is 428 g/mol. The molecule has 5 atom stereocenters. The van der Waals surface area contributed by atoms with Crippen LogP contribution in [0.5, 0.6) is 0 Å². The van der Waals surface area contributed by atoms with E-state index in [-0.39, 0.29) is 12.3 Å². The predicted octanol–water partition coefficient (Wildman–Crippen LogP) is 2.85. The Morgan fingerprint density at radius 3 is 2.24 bits per heavy atom. The molecule has 0 aromatic rings. The highest BCUT2D eigenvalue weighted by atomic mass is 35.5. The number of carbonyl (C=O) groups excluding carboxylic acids is 2. The summed E-state index contributed by atoms with van der Waals surface area (Å²) in [6, 6.07) is 0. The van der Waals surface area contributed by atoms with Crippen LogP contribution in [0.1, 0.15) is 72.6 Å². The van der Waals surface area contributed by atoms with Crippen molar-refractivity contribution in [3.63, 3.8) is 0 Å². The average Bonchev–Trinajstić information content (AvgIpc) is 2.54. The van der Waals surface area contributed by atoms with Gasteiger partial charge in [0.05, 0.1) is 16.8 Å². The minimum Gasteiger partial charge on any atom is -0.453 e. The highest BCUT2D eigenvalue weighted by Crippen LogP contribution is 2.72. The zero-order valence-electron chi connectivity index (χ0n) is 17.8. The molecule has 7 heteroatoms. The molecule has 4 rings (SSSR count). The molecular formula is C22H33ClO6. The Bertz CT molecular complexity index is 738. The van der Waals surface area contributed by atoms with Crippen LogP contribution in [0.3, 0.4) is 0 Å². The molecule has 3 N–H and O–H groups in total. The molecule has 0 aromatic heterocycles. The van der Waals surface area contributed by atoms with Gasteiger partial charge in [0.15, 0.2) is 6.61 Å². The van der Waals surface area contributed by atoms with Crippen LogP contribution in [0.15, 0.2) is 11.6 Å². The molecule has 0 aromatic carbocycles. The molecule has 0 amide bonds. The Labute approximate surface area is 177 Å². The minimum absolute atomic E-state index is 0.216. The Balaban J connectivity index is 1.84. The minimum atomic E-state index is -1.17. The molecule has 4 saturated carbocycles. The van der Waals surface area contributed by atoms with E-state index in [1.54, 1.807) is 19.9 Å². The van der Waals surface area contributed by atoms with Crippen LogP contribution in [0.2, 0.25) is 0 Å². The van der Waals surface area contributed by atoms with Crippen LogP contribution in [0, 0.1) is 16.7 Å². The molecule has 0 saturated heterocycles. The van der Waals surface area contributed by atoms with Gasteiger partial charge in [0.1, 0.15) is 0 Å². The van der Waals surface area contributed by atoms with Crippen molar-refractivity contribution >= 4 is 22.8 Å². The van der Waals surface area contributed by atoms with Crippen LogP contribution in [0.25, 0.3) is 0 Å². The number of hydrogen-bond donors (Lipinski definition) is 3. The number of rotatable bonds is 7. The van der Waals surface area contributed by atoms with Crippen molar-refractivity contribution in [2.24, 2.45) is 16.7 Å². The van der Waals surface area contributed by atoms with Gasteiger partial charge in [-0.25, -0.2) is 4.79 Å². The van der Waals surface area contributed by atoms with Crippen molar-refractivity contribution in [1.82, 2.24) is 0 Å². The zero-order valence-corrected chi connectivity index (χ0v) is 18.5. The van der Waals surface area contributed by atoms with E-state index < -0.39 is 45.5 Å². The lowest BCUT2D eigenvalue weighted by Gasteiger charge is -2.70. The quantitative estimate of drug-likeness (QED) is 0.327. The van der Waals surface area contributed by atoms with E-state index in [1.807, 2.05) is 13.8 Å². The van der Waals surface area contributed by atoms with Crippen LogP contribution < -0.4 is 0 Å². The van der Waals surface area contributed by atoms with E-state index >= 15 is 0 Å². The molecule has 6 nitrogen and oxygen atoms in total. The van der Waals surface area contributed by atoms with Crippen molar-refractivity contribution in [3.8, 4) is 0 Å². The number of carbonyl (C=O) groups is 2. The van der Waals surface area contributed by atoms with Crippen LogP contribution in [0.4, 0.5) is 0 Å². The van der Waals surface area contributed by atoms with Gasteiger partial charge in [0.25, 0.3) is 5.24 Å². The summed E-state index contributed by atoms with van der Waals surface area (Å²) in [5, 5.41) is 33.1. The number of halogens is 1. The number of aliphatic hydroxyl groups is 3. The third kappa shape index (κ3) is 4.01. The second kappa shape index (κ2) is 7.04. The molecule has 0 aliphatic heterocycles. The fourth-order valence-electron chi connectivity index (χ4n) is 6.56. The van der Waals surface area contributed by atoms with E-state index in [0.717, 1.165) is 19.3 Å². The molecule has 4 aliphatic carbocycles. The van der Waals surface area contributed by atoms with Crippen molar-refractivity contribution in [2.45, 2.75) is 89.4 Å². The summed E-state index contributed by atoms with van der Waals surface area (Å²) in [5.74, 6) is -0.383. The Hall–Kier alpha value is -0.950. The zero-order chi connectivity index (χ0) is 21.9. The van der Waals surface area contributed by atoms with E-state index in [2.05, 4.69) is 0 Å².